The van der Waals surface area contributed by atoms with Gasteiger partial charge in [-0.15, -0.1) is 11.3 Å². The van der Waals surface area contributed by atoms with Crippen molar-refractivity contribution >= 4 is 17.2 Å². The molecule has 0 radical (unpaired) electrons. The van der Waals surface area contributed by atoms with Gasteiger partial charge in [0.1, 0.15) is 0 Å². The standard InChI is InChI=1S/C14H22N2OS/c1-10-8-15-9-13(10)14(17)16(3)11(2)7-12-5-4-6-18-12/h4-6,10-11,13,15H,7-9H2,1-3H3. The van der Waals surface area contributed by atoms with Crippen molar-refractivity contribution in [3.63, 3.8) is 0 Å². The Bertz CT molecular complexity index is 391. The molecule has 100 valence electrons. The monoisotopic (exact) mass is 266 g/mol. The third-order valence-corrected chi connectivity index (χ3v) is 4.82. The van der Waals surface area contributed by atoms with E-state index in [-0.39, 0.29) is 17.9 Å². The summed E-state index contributed by atoms with van der Waals surface area (Å²) in [5.41, 5.74) is 0. The average molecular weight is 266 g/mol. The second-order valence-electron chi connectivity index (χ2n) is 5.32. The Morgan fingerprint density at radius 1 is 1.61 bits per heavy atom. The predicted molar refractivity (Wildman–Crippen MR) is 75.8 cm³/mol. The van der Waals surface area contributed by atoms with Crippen LogP contribution < -0.4 is 5.32 Å². The van der Waals surface area contributed by atoms with Crippen LogP contribution in [0.4, 0.5) is 0 Å². The molecule has 3 atom stereocenters. The molecule has 0 saturated carbocycles. The molecule has 3 nitrogen and oxygen atoms in total. The maximum absolute atomic E-state index is 12.4. The number of thiophene rings is 1. The normalized spacial score (nSPS) is 25.1. The van der Waals surface area contributed by atoms with E-state index in [1.807, 2.05) is 11.9 Å². The van der Waals surface area contributed by atoms with Crippen molar-refractivity contribution in [3.05, 3.63) is 22.4 Å². The highest BCUT2D eigenvalue weighted by Gasteiger charge is 2.32. The van der Waals surface area contributed by atoms with E-state index >= 15 is 0 Å². The van der Waals surface area contributed by atoms with Crippen LogP contribution >= 0.6 is 11.3 Å². The molecule has 0 bridgehead atoms. The third-order valence-electron chi connectivity index (χ3n) is 3.92. The fourth-order valence-electron chi connectivity index (χ4n) is 2.48. The maximum Gasteiger partial charge on any atom is 0.227 e. The van der Waals surface area contributed by atoms with Gasteiger partial charge in [-0.25, -0.2) is 0 Å². The Balaban J connectivity index is 1.93. The Hall–Kier alpha value is -0.870. The predicted octanol–water partition coefficient (Wildman–Crippen LogP) is 1.99. The molecular weight excluding hydrogens is 244 g/mol. The quantitative estimate of drug-likeness (QED) is 0.904. The minimum Gasteiger partial charge on any atom is -0.342 e. The number of carbonyl (C=O) groups excluding carboxylic acids is 1. The van der Waals surface area contributed by atoms with Gasteiger partial charge in [-0.2, -0.15) is 0 Å². The smallest absolute Gasteiger partial charge is 0.227 e. The van der Waals surface area contributed by atoms with E-state index in [0.717, 1.165) is 19.5 Å². The van der Waals surface area contributed by atoms with E-state index in [9.17, 15) is 4.79 Å². The Morgan fingerprint density at radius 3 is 2.94 bits per heavy atom. The molecule has 0 aromatic carbocycles. The van der Waals surface area contributed by atoms with Crippen molar-refractivity contribution in [2.45, 2.75) is 26.3 Å². The lowest BCUT2D eigenvalue weighted by atomic mass is 9.96. The van der Waals surface area contributed by atoms with E-state index in [1.165, 1.54) is 4.88 Å². The zero-order chi connectivity index (χ0) is 13.1. The molecule has 0 spiro atoms. The molecule has 18 heavy (non-hydrogen) atoms. The number of carbonyl (C=O) groups is 1. The molecule has 1 aliphatic heterocycles. The highest BCUT2D eigenvalue weighted by molar-refractivity contribution is 7.09. The number of amides is 1. The van der Waals surface area contributed by atoms with Gasteiger partial charge in [-0.3, -0.25) is 4.79 Å². The Kier molecular flexibility index (Phi) is 4.40. The van der Waals surface area contributed by atoms with Gasteiger partial charge in [0.2, 0.25) is 5.91 Å². The number of rotatable bonds is 4. The minimum absolute atomic E-state index is 0.154. The molecule has 1 saturated heterocycles. The first-order chi connectivity index (χ1) is 8.59. The van der Waals surface area contributed by atoms with Crippen LogP contribution in [-0.4, -0.2) is 37.0 Å². The molecular formula is C14H22N2OS. The molecule has 1 aliphatic rings. The van der Waals surface area contributed by atoms with Crippen LogP contribution in [0, 0.1) is 11.8 Å². The fourth-order valence-corrected chi connectivity index (χ4v) is 3.30. The van der Waals surface area contributed by atoms with Crippen LogP contribution in [0.25, 0.3) is 0 Å². The van der Waals surface area contributed by atoms with Crippen molar-refractivity contribution in [2.24, 2.45) is 11.8 Å². The number of nitrogens with zero attached hydrogens (tertiary/aromatic N) is 1. The molecule has 1 aromatic heterocycles. The van der Waals surface area contributed by atoms with Crippen LogP contribution in [-0.2, 0) is 11.2 Å². The van der Waals surface area contributed by atoms with E-state index in [1.54, 1.807) is 11.3 Å². The van der Waals surface area contributed by atoms with Gasteiger partial charge in [0.15, 0.2) is 0 Å². The average Bonchev–Trinajstić information content (AvgIpc) is 2.98. The van der Waals surface area contributed by atoms with Crippen molar-refractivity contribution in [1.82, 2.24) is 10.2 Å². The Labute approximate surface area is 113 Å². The summed E-state index contributed by atoms with van der Waals surface area (Å²) in [6, 6.07) is 4.47. The lowest BCUT2D eigenvalue weighted by Gasteiger charge is -2.28. The zero-order valence-electron chi connectivity index (χ0n) is 11.3. The van der Waals surface area contributed by atoms with Crippen LogP contribution in [0.15, 0.2) is 17.5 Å². The van der Waals surface area contributed by atoms with Gasteiger partial charge in [0.05, 0.1) is 5.92 Å². The lowest BCUT2D eigenvalue weighted by Crippen LogP contribution is -2.42. The van der Waals surface area contributed by atoms with Gasteiger partial charge in [0, 0.05) is 30.9 Å². The van der Waals surface area contributed by atoms with Crippen LogP contribution in [0.2, 0.25) is 0 Å². The molecule has 1 N–H and O–H groups in total. The fraction of sp³-hybridized carbons (Fsp3) is 0.643. The third kappa shape index (κ3) is 2.93. The van der Waals surface area contributed by atoms with Gasteiger partial charge >= 0.3 is 0 Å². The second-order valence-corrected chi connectivity index (χ2v) is 6.36. The van der Waals surface area contributed by atoms with Crippen molar-refractivity contribution in [1.29, 1.82) is 0 Å². The van der Waals surface area contributed by atoms with E-state index in [4.69, 9.17) is 0 Å². The molecule has 0 aliphatic carbocycles. The summed E-state index contributed by atoms with van der Waals surface area (Å²) in [5, 5.41) is 5.39. The number of likely N-dealkylation sites (N-methyl/N-ethyl adjacent to an activating group) is 1. The van der Waals surface area contributed by atoms with Crippen LogP contribution in [0.3, 0.4) is 0 Å². The molecule has 1 aromatic rings. The summed E-state index contributed by atoms with van der Waals surface area (Å²) in [7, 11) is 1.94. The first kappa shape index (κ1) is 13.6. The van der Waals surface area contributed by atoms with Gasteiger partial charge in [0.25, 0.3) is 0 Å². The SMILES string of the molecule is CC1CNCC1C(=O)N(C)C(C)Cc1cccs1. The van der Waals surface area contributed by atoms with E-state index in [2.05, 4.69) is 36.7 Å². The van der Waals surface area contributed by atoms with Crippen molar-refractivity contribution < 1.29 is 4.79 Å². The van der Waals surface area contributed by atoms with E-state index in [0.29, 0.717) is 5.92 Å². The first-order valence-corrected chi connectivity index (χ1v) is 7.47. The molecule has 3 unspecified atom stereocenters. The summed E-state index contributed by atoms with van der Waals surface area (Å²) in [4.78, 5) is 15.7. The molecule has 2 heterocycles. The largest absolute Gasteiger partial charge is 0.342 e. The van der Waals surface area contributed by atoms with Crippen LogP contribution in [0.5, 0.6) is 0 Å². The van der Waals surface area contributed by atoms with Gasteiger partial charge < -0.3 is 10.2 Å². The Morgan fingerprint density at radius 2 is 2.39 bits per heavy atom. The summed E-state index contributed by atoms with van der Waals surface area (Å²) in [6.07, 6.45) is 0.953. The number of nitrogens with one attached hydrogen (secondary N) is 1. The summed E-state index contributed by atoms with van der Waals surface area (Å²) < 4.78 is 0. The number of hydrogen-bond donors (Lipinski definition) is 1. The van der Waals surface area contributed by atoms with Crippen LogP contribution in [0.1, 0.15) is 18.7 Å². The molecule has 1 fully saturated rings. The topological polar surface area (TPSA) is 32.3 Å². The van der Waals surface area contributed by atoms with Crippen molar-refractivity contribution in [2.75, 3.05) is 20.1 Å². The zero-order valence-corrected chi connectivity index (χ0v) is 12.2. The summed E-state index contributed by atoms with van der Waals surface area (Å²) >= 11 is 1.76. The summed E-state index contributed by atoms with van der Waals surface area (Å²) in [6.45, 7) is 6.07. The molecule has 1 amide bonds. The number of hydrogen-bond acceptors (Lipinski definition) is 3. The minimum atomic E-state index is 0.154. The second kappa shape index (κ2) is 5.85. The summed E-state index contributed by atoms with van der Waals surface area (Å²) in [5.74, 6) is 0.895. The highest BCUT2D eigenvalue weighted by atomic mass is 32.1. The van der Waals surface area contributed by atoms with E-state index < -0.39 is 0 Å². The van der Waals surface area contributed by atoms with Crippen molar-refractivity contribution in [3.8, 4) is 0 Å². The molecule has 4 heteroatoms. The first-order valence-electron chi connectivity index (χ1n) is 6.59. The maximum atomic E-state index is 12.4. The lowest BCUT2D eigenvalue weighted by molar-refractivity contribution is -0.136. The van der Waals surface area contributed by atoms with Gasteiger partial charge in [-0.05, 0) is 30.8 Å². The van der Waals surface area contributed by atoms with Gasteiger partial charge in [-0.1, -0.05) is 13.0 Å². The highest BCUT2D eigenvalue weighted by Crippen LogP contribution is 2.20. The molecule has 2 rings (SSSR count).